The monoisotopic (exact) mass is 883 g/mol. The minimum absolute atomic E-state index is 0.0432. The number of hydrogen-bond donors (Lipinski definition) is 4. The van der Waals surface area contributed by atoms with Crippen molar-refractivity contribution in [1.82, 2.24) is 25.8 Å². The summed E-state index contributed by atoms with van der Waals surface area (Å²) in [5, 5.41) is 34.0. The summed E-state index contributed by atoms with van der Waals surface area (Å²) in [5.41, 5.74) is 2.14. The Hall–Kier alpha value is -6.10. The topological polar surface area (TPSA) is 226 Å². The zero-order chi connectivity index (χ0) is 46.4. The molecular weight excluding hydrogens is 819 g/mol. The number of pyridine rings is 1. The molecule has 3 amide bonds. The maximum absolute atomic E-state index is 12.8. The van der Waals surface area contributed by atoms with Gasteiger partial charge in [0.05, 0.1) is 38.2 Å². The Bertz CT molecular complexity index is 1970. The van der Waals surface area contributed by atoms with Crippen molar-refractivity contribution in [1.29, 1.82) is 0 Å². The number of hydrogen-bond acceptors (Lipinski definition) is 13. The van der Waals surface area contributed by atoms with Crippen molar-refractivity contribution >= 4 is 29.7 Å². The fourth-order valence-corrected chi connectivity index (χ4v) is 7.03. The Balaban J connectivity index is 1.15. The van der Waals surface area contributed by atoms with Gasteiger partial charge in [-0.15, -0.1) is 10.2 Å². The van der Waals surface area contributed by atoms with Crippen molar-refractivity contribution in [3.05, 3.63) is 72.8 Å². The quantitative estimate of drug-likeness (QED) is 0.0420. The molecule has 2 heterocycles. The zero-order valence-corrected chi connectivity index (χ0v) is 37.9. The van der Waals surface area contributed by atoms with Crippen molar-refractivity contribution in [3.8, 4) is 28.3 Å². The molecule has 0 aliphatic carbocycles. The lowest BCUT2D eigenvalue weighted by atomic mass is 9.73. The van der Waals surface area contributed by atoms with E-state index in [0.29, 0.717) is 51.1 Å². The lowest BCUT2D eigenvalue weighted by Gasteiger charge is -2.37. The van der Waals surface area contributed by atoms with Gasteiger partial charge in [0, 0.05) is 49.6 Å². The molecule has 64 heavy (non-hydrogen) atoms. The number of benzene rings is 2. The number of amides is 3. The van der Waals surface area contributed by atoms with E-state index < -0.39 is 35.0 Å². The van der Waals surface area contributed by atoms with Gasteiger partial charge in [-0.3, -0.25) is 24.0 Å². The molecular formula is C47H65N9O8. The van der Waals surface area contributed by atoms with E-state index in [-0.39, 0.29) is 56.9 Å². The molecule has 0 saturated carbocycles. The third-order valence-corrected chi connectivity index (χ3v) is 10.6. The molecule has 2 aromatic carbocycles. The summed E-state index contributed by atoms with van der Waals surface area (Å²) < 4.78 is 11.5. The average Bonchev–Trinajstić information content (AvgIpc) is 3.76. The molecule has 0 spiro atoms. The van der Waals surface area contributed by atoms with Crippen LogP contribution in [-0.4, -0.2) is 102 Å². The van der Waals surface area contributed by atoms with Crippen LogP contribution in [0.15, 0.2) is 93.5 Å². The van der Waals surface area contributed by atoms with E-state index in [9.17, 15) is 24.0 Å². The number of nitrogens with one attached hydrogen (secondary N) is 3. The summed E-state index contributed by atoms with van der Waals surface area (Å²) in [6.07, 6.45) is 4.90. The Morgan fingerprint density at radius 3 is 2.03 bits per heavy atom. The first-order chi connectivity index (χ1) is 30.6. The van der Waals surface area contributed by atoms with Crippen LogP contribution in [0.1, 0.15) is 98.8 Å². The standard InChI is InChI=1S/C47H65N9O8/c1-45(2,3)64-44(62)23-29-56(42(59)33-48-28-22-43(60)61)34-40(58)50-27-16-26-49-39(57)21-12-13-25-47(52-54-55-53-47)46(4,5)24-14-15-30-63-41-32-37(35-17-8-6-9-18-35)31-38(51-41)36-19-10-7-11-20-36/h6-11,17-20,31-32,48H,12-16,21-30,33-34H2,1-5H3,(H,49,57)(H,50,58)(H,60,61). The van der Waals surface area contributed by atoms with Crippen LogP contribution in [0.3, 0.4) is 0 Å². The normalized spacial score (nSPS) is 13.0. The van der Waals surface area contributed by atoms with Crippen LogP contribution < -0.4 is 20.7 Å². The van der Waals surface area contributed by atoms with Crippen LogP contribution in [0.4, 0.5) is 0 Å². The van der Waals surface area contributed by atoms with Crippen molar-refractivity contribution in [2.45, 2.75) is 110 Å². The first-order valence-electron chi connectivity index (χ1n) is 22.1. The van der Waals surface area contributed by atoms with Crippen molar-refractivity contribution < 1.29 is 38.6 Å². The second kappa shape index (κ2) is 25.3. The molecule has 1 aromatic heterocycles. The number of esters is 1. The summed E-state index contributed by atoms with van der Waals surface area (Å²) in [6.45, 7) is 10.1. The highest BCUT2D eigenvalue weighted by molar-refractivity contribution is 5.86. The van der Waals surface area contributed by atoms with E-state index in [2.05, 4.69) is 68.7 Å². The van der Waals surface area contributed by atoms with E-state index in [1.165, 1.54) is 4.90 Å². The summed E-state index contributed by atoms with van der Waals surface area (Å²) in [4.78, 5) is 67.3. The van der Waals surface area contributed by atoms with Crippen LogP contribution in [-0.2, 0) is 28.7 Å². The predicted molar refractivity (Wildman–Crippen MR) is 242 cm³/mol. The van der Waals surface area contributed by atoms with Gasteiger partial charge in [0.25, 0.3) is 0 Å². The maximum Gasteiger partial charge on any atom is 0.308 e. The molecule has 1 aliphatic rings. The Labute approximate surface area is 376 Å². The number of ether oxygens (including phenoxy) is 2. The lowest BCUT2D eigenvalue weighted by molar-refractivity contribution is -0.155. The number of aromatic nitrogens is 1. The second-order valence-electron chi connectivity index (χ2n) is 17.4. The van der Waals surface area contributed by atoms with Crippen LogP contribution in [0.5, 0.6) is 5.88 Å². The van der Waals surface area contributed by atoms with Gasteiger partial charge < -0.3 is 35.4 Å². The van der Waals surface area contributed by atoms with Gasteiger partial charge in [-0.1, -0.05) is 74.5 Å². The molecule has 346 valence electrons. The van der Waals surface area contributed by atoms with E-state index >= 15 is 0 Å². The highest BCUT2D eigenvalue weighted by Gasteiger charge is 2.47. The Morgan fingerprint density at radius 2 is 1.38 bits per heavy atom. The Morgan fingerprint density at radius 1 is 0.719 bits per heavy atom. The van der Waals surface area contributed by atoms with E-state index in [4.69, 9.17) is 19.6 Å². The van der Waals surface area contributed by atoms with Gasteiger partial charge in [0.2, 0.25) is 23.6 Å². The summed E-state index contributed by atoms with van der Waals surface area (Å²) in [5.74, 6) is -1.93. The van der Waals surface area contributed by atoms with Crippen LogP contribution in [0.25, 0.3) is 22.4 Å². The molecule has 17 nitrogen and oxygen atoms in total. The lowest BCUT2D eigenvalue weighted by Crippen LogP contribution is -2.45. The van der Waals surface area contributed by atoms with Gasteiger partial charge in [-0.05, 0) is 93.4 Å². The number of carboxylic acids is 1. The molecule has 0 radical (unpaired) electrons. The molecule has 4 N–H and O–H groups in total. The van der Waals surface area contributed by atoms with Gasteiger partial charge in [0.1, 0.15) is 5.60 Å². The molecule has 0 saturated heterocycles. The number of aliphatic carboxylic acids is 1. The number of carboxylic acid groups (broad SMARTS) is 1. The molecule has 17 heteroatoms. The number of carbonyl (C=O) groups excluding carboxylic acids is 4. The van der Waals surface area contributed by atoms with Crippen LogP contribution in [0, 0.1) is 5.41 Å². The summed E-state index contributed by atoms with van der Waals surface area (Å²) >= 11 is 0. The van der Waals surface area contributed by atoms with Crippen molar-refractivity contribution in [3.63, 3.8) is 0 Å². The largest absolute Gasteiger partial charge is 0.481 e. The van der Waals surface area contributed by atoms with E-state index in [0.717, 1.165) is 41.6 Å². The molecule has 1 aliphatic heterocycles. The number of rotatable bonds is 28. The number of carbonyl (C=O) groups is 5. The highest BCUT2D eigenvalue weighted by atomic mass is 16.6. The van der Waals surface area contributed by atoms with Crippen LogP contribution in [0.2, 0.25) is 0 Å². The molecule has 0 bridgehead atoms. The van der Waals surface area contributed by atoms with Crippen molar-refractivity contribution in [2.75, 3.05) is 45.9 Å². The first-order valence-corrected chi connectivity index (χ1v) is 22.1. The third kappa shape index (κ3) is 17.6. The first kappa shape index (κ1) is 50.5. The summed E-state index contributed by atoms with van der Waals surface area (Å²) in [6, 6.07) is 24.3. The van der Waals surface area contributed by atoms with Gasteiger partial charge >= 0.3 is 11.9 Å². The predicted octanol–water partition coefficient (Wildman–Crippen LogP) is 7.33. The molecule has 0 atom stereocenters. The maximum atomic E-state index is 12.8. The van der Waals surface area contributed by atoms with Crippen LogP contribution >= 0.6 is 0 Å². The molecule has 3 aromatic rings. The van der Waals surface area contributed by atoms with Gasteiger partial charge in [0.15, 0.2) is 5.66 Å². The number of unbranched alkanes of at least 4 members (excludes halogenated alkanes) is 2. The van der Waals surface area contributed by atoms with E-state index in [1.54, 1.807) is 20.8 Å². The van der Waals surface area contributed by atoms with E-state index in [1.807, 2.05) is 54.6 Å². The minimum Gasteiger partial charge on any atom is -0.481 e. The van der Waals surface area contributed by atoms with Gasteiger partial charge in [-0.2, -0.15) is 0 Å². The fraction of sp³-hybridized carbons (Fsp3) is 0.532. The van der Waals surface area contributed by atoms with Crippen molar-refractivity contribution in [2.24, 2.45) is 26.1 Å². The zero-order valence-electron chi connectivity index (χ0n) is 37.9. The molecule has 0 fully saturated rings. The minimum atomic E-state index is -1.01. The van der Waals surface area contributed by atoms with Gasteiger partial charge in [-0.25, -0.2) is 4.98 Å². The summed E-state index contributed by atoms with van der Waals surface area (Å²) in [7, 11) is 0. The highest BCUT2D eigenvalue weighted by Crippen LogP contribution is 2.46. The average molecular weight is 884 g/mol. The fourth-order valence-electron chi connectivity index (χ4n) is 7.03. The second-order valence-corrected chi connectivity index (χ2v) is 17.4. The molecule has 0 unspecified atom stereocenters. The number of nitrogens with zero attached hydrogens (tertiary/aromatic N) is 6. The Kier molecular flexibility index (Phi) is 19.9. The third-order valence-electron chi connectivity index (χ3n) is 10.6. The smallest absolute Gasteiger partial charge is 0.308 e. The SMILES string of the molecule is CC(C)(C)OC(=O)CCN(CC(=O)NCCCNC(=O)CCCCC1(C(C)(C)CCCCOc2cc(-c3ccccc3)cc(-c3ccccc3)n2)N=NN=N1)C(=O)CNCCC(=O)O. The molecule has 4 rings (SSSR count).